The van der Waals surface area contributed by atoms with Gasteiger partial charge in [0.05, 0.1) is 0 Å². The summed E-state index contributed by atoms with van der Waals surface area (Å²) in [6, 6.07) is 0. The minimum atomic E-state index is -0.130. The Morgan fingerprint density at radius 2 is 2.20 bits per heavy atom. The minimum Gasteiger partial charge on any atom is -0.368 e. The summed E-state index contributed by atoms with van der Waals surface area (Å²) in [5.41, 5.74) is 0. The first-order valence-electron chi connectivity index (χ1n) is 3.28. The summed E-state index contributed by atoms with van der Waals surface area (Å²) in [5.74, 6) is -0.130. The second kappa shape index (κ2) is 4.52. The lowest BCUT2D eigenvalue weighted by molar-refractivity contribution is -0.207. The van der Waals surface area contributed by atoms with E-state index in [4.69, 9.17) is 4.84 Å². The van der Waals surface area contributed by atoms with Crippen LogP contribution in [-0.2, 0) is 9.63 Å². The first-order chi connectivity index (χ1) is 4.33. The van der Waals surface area contributed by atoms with Crippen molar-refractivity contribution < 1.29 is 9.63 Å². The van der Waals surface area contributed by atoms with Crippen molar-refractivity contribution in [3.8, 4) is 0 Å². The van der Waals surface area contributed by atoms with Gasteiger partial charge in [0, 0.05) is 19.5 Å². The average molecular weight is 166 g/mol. The van der Waals surface area contributed by atoms with Crippen LogP contribution in [0.1, 0.15) is 19.8 Å². The van der Waals surface area contributed by atoms with Crippen molar-refractivity contribution in [2.24, 2.45) is 0 Å². The Hall–Kier alpha value is -0.280. The van der Waals surface area contributed by atoms with E-state index in [0.29, 0.717) is 6.42 Å². The van der Waals surface area contributed by atoms with Crippen molar-refractivity contribution in [2.75, 3.05) is 13.1 Å². The van der Waals surface area contributed by atoms with E-state index < -0.39 is 0 Å². The van der Waals surface area contributed by atoms with Gasteiger partial charge in [-0.25, -0.2) is 0 Å². The number of carbonyl (C=O) groups excluding carboxylic acids is 1. The second-order valence-electron chi connectivity index (χ2n) is 2.10. The molecule has 0 bridgehead atoms. The van der Waals surface area contributed by atoms with Crippen LogP contribution in [0.3, 0.4) is 0 Å². The first kappa shape index (κ1) is 9.72. The summed E-state index contributed by atoms with van der Waals surface area (Å²) in [5, 5.41) is 1.69. The quantitative estimate of drug-likeness (QED) is 0.611. The topological polar surface area (TPSA) is 29.5 Å². The summed E-state index contributed by atoms with van der Waals surface area (Å²) < 4.78 is 0. The number of carbonyl (C=O) groups is 1. The van der Waals surface area contributed by atoms with Crippen LogP contribution in [0, 0.1) is 0 Å². The number of halogens is 1. The highest BCUT2D eigenvalue weighted by Crippen LogP contribution is 2.06. The van der Waals surface area contributed by atoms with Crippen LogP contribution in [0.2, 0.25) is 0 Å². The highest BCUT2D eigenvalue weighted by molar-refractivity contribution is 5.85. The minimum absolute atomic E-state index is 0. The maximum Gasteiger partial charge on any atom is 0.324 e. The number of hydrogen-bond acceptors (Lipinski definition) is 3. The first-order valence-corrected chi connectivity index (χ1v) is 3.28. The lowest BCUT2D eigenvalue weighted by Crippen LogP contribution is -2.38. The van der Waals surface area contributed by atoms with Crippen molar-refractivity contribution >= 4 is 18.4 Å². The zero-order valence-electron chi connectivity index (χ0n) is 6.00. The van der Waals surface area contributed by atoms with E-state index >= 15 is 0 Å². The summed E-state index contributed by atoms with van der Waals surface area (Å²) in [4.78, 5) is 15.4. The molecule has 1 fully saturated rings. The molecule has 0 saturated carbocycles. The van der Waals surface area contributed by atoms with Gasteiger partial charge in [0.25, 0.3) is 0 Å². The third-order valence-corrected chi connectivity index (χ3v) is 1.33. The van der Waals surface area contributed by atoms with Gasteiger partial charge >= 0.3 is 5.97 Å². The molecular formula is C6H12ClNO2. The predicted molar refractivity (Wildman–Crippen MR) is 39.8 cm³/mol. The van der Waals surface area contributed by atoms with Gasteiger partial charge in [-0.05, 0) is 6.42 Å². The van der Waals surface area contributed by atoms with Crippen molar-refractivity contribution in [3.05, 3.63) is 0 Å². The molecule has 0 aromatic rings. The van der Waals surface area contributed by atoms with Crippen LogP contribution in [0.15, 0.2) is 0 Å². The van der Waals surface area contributed by atoms with E-state index in [1.54, 1.807) is 12.0 Å². The Morgan fingerprint density at radius 1 is 1.60 bits per heavy atom. The zero-order valence-corrected chi connectivity index (χ0v) is 6.82. The molecule has 1 aliphatic rings. The molecule has 1 rings (SSSR count). The van der Waals surface area contributed by atoms with Crippen molar-refractivity contribution in [3.63, 3.8) is 0 Å². The molecule has 1 aliphatic heterocycles. The van der Waals surface area contributed by atoms with E-state index in [1.165, 1.54) is 0 Å². The third-order valence-electron chi connectivity index (χ3n) is 1.33. The van der Waals surface area contributed by atoms with E-state index in [1.807, 2.05) is 0 Å². The summed E-state index contributed by atoms with van der Waals surface area (Å²) in [7, 11) is 0. The Balaban J connectivity index is 0.000000810. The number of hydroxylamine groups is 2. The lowest BCUT2D eigenvalue weighted by atomic mass is 10.3. The molecule has 0 N–H and O–H groups in total. The van der Waals surface area contributed by atoms with Crippen LogP contribution in [-0.4, -0.2) is 24.1 Å². The molecule has 0 aromatic carbocycles. The fourth-order valence-electron chi connectivity index (χ4n) is 0.587. The molecule has 0 aromatic heterocycles. The van der Waals surface area contributed by atoms with Crippen molar-refractivity contribution in [1.82, 2.24) is 5.06 Å². The van der Waals surface area contributed by atoms with Crippen LogP contribution in [0.25, 0.3) is 0 Å². The molecule has 1 saturated heterocycles. The maximum absolute atomic E-state index is 10.6. The number of rotatable bonds is 2. The molecule has 1 heterocycles. The van der Waals surface area contributed by atoms with Gasteiger partial charge in [-0.15, -0.1) is 17.5 Å². The van der Waals surface area contributed by atoms with Crippen molar-refractivity contribution in [1.29, 1.82) is 0 Å². The summed E-state index contributed by atoms with van der Waals surface area (Å²) >= 11 is 0. The van der Waals surface area contributed by atoms with Gasteiger partial charge < -0.3 is 4.84 Å². The largest absolute Gasteiger partial charge is 0.368 e. The van der Waals surface area contributed by atoms with Crippen molar-refractivity contribution in [2.45, 2.75) is 19.8 Å². The monoisotopic (exact) mass is 165 g/mol. The van der Waals surface area contributed by atoms with Gasteiger partial charge in [0.1, 0.15) is 0 Å². The molecule has 0 spiro atoms. The Morgan fingerprint density at radius 3 is 2.50 bits per heavy atom. The maximum atomic E-state index is 10.6. The van der Waals surface area contributed by atoms with Crippen LogP contribution < -0.4 is 0 Å². The number of hydrogen-bond donors (Lipinski definition) is 0. The molecule has 0 unspecified atom stereocenters. The molecule has 10 heavy (non-hydrogen) atoms. The summed E-state index contributed by atoms with van der Waals surface area (Å²) in [6.07, 6.45) is 1.62. The van der Waals surface area contributed by atoms with Gasteiger partial charge in [-0.2, -0.15) is 0 Å². The number of nitrogens with zero attached hydrogens (tertiary/aromatic N) is 1. The molecule has 0 amide bonds. The summed E-state index contributed by atoms with van der Waals surface area (Å²) in [6.45, 7) is 3.61. The lowest BCUT2D eigenvalue weighted by Gasteiger charge is -2.28. The zero-order chi connectivity index (χ0) is 6.69. The van der Waals surface area contributed by atoms with E-state index in [2.05, 4.69) is 0 Å². The van der Waals surface area contributed by atoms with E-state index in [9.17, 15) is 4.79 Å². The van der Waals surface area contributed by atoms with Gasteiger partial charge in [-0.1, -0.05) is 6.92 Å². The molecule has 0 aliphatic carbocycles. The molecule has 3 nitrogen and oxygen atoms in total. The smallest absolute Gasteiger partial charge is 0.324 e. The van der Waals surface area contributed by atoms with E-state index in [-0.39, 0.29) is 18.4 Å². The Kier molecular flexibility index (Phi) is 4.40. The van der Waals surface area contributed by atoms with Gasteiger partial charge in [-0.3, -0.25) is 4.79 Å². The molecule has 60 valence electrons. The second-order valence-corrected chi connectivity index (χ2v) is 2.10. The fourth-order valence-corrected chi connectivity index (χ4v) is 0.587. The average Bonchev–Trinajstić information content (AvgIpc) is 1.78. The normalized spacial score (nSPS) is 16.9. The molecule has 0 radical (unpaired) electrons. The predicted octanol–water partition coefficient (Wildman–Crippen LogP) is 0.982. The SMILES string of the molecule is CCC(=O)ON1CCC1.Cl. The molecule has 0 atom stereocenters. The van der Waals surface area contributed by atoms with Gasteiger partial charge in [0.15, 0.2) is 0 Å². The Bertz CT molecular complexity index is 114. The van der Waals surface area contributed by atoms with E-state index in [0.717, 1.165) is 19.5 Å². The fraction of sp³-hybridized carbons (Fsp3) is 0.833. The molecular weight excluding hydrogens is 154 g/mol. The van der Waals surface area contributed by atoms with Gasteiger partial charge in [0.2, 0.25) is 0 Å². The Labute approximate surface area is 66.7 Å². The van der Waals surface area contributed by atoms with Crippen LogP contribution in [0.4, 0.5) is 0 Å². The van der Waals surface area contributed by atoms with Crippen LogP contribution in [0.5, 0.6) is 0 Å². The molecule has 4 heteroatoms. The highest BCUT2D eigenvalue weighted by atomic mass is 35.5. The highest BCUT2D eigenvalue weighted by Gasteiger charge is 2.16. The van der Waals surface area contributed by atoms with Crippen LogP contribution >= 0.6 is 12.4 Å². The third kappa shape index (κ3) is 2.54. The standard InChI is InChI=1S/C6H11NO2.ClH/c1-2-6(8)9-7-4-3-5-7;/h2-5H2,1H3;1H.